The maximum absolute atomic E-state index is 13.1. The molecule has 0 bridgehead atoms. The molecule has 0 saturated heterocycles. The standard InChI is InChI=1S/C27H40O4/c1-17(7-6-12-25(2,3)31-30)20-8-9-21-19-16-24(29)23-15-18(28)10-13-27(23,5)22(19)11-14-26(20,21)4/h6,12,15,17,19-22,30H,7-11,13-14,16H2,1-5H3/b12-6+/t17-,19+,20-,21+,22+,26-,27-/m1/s1. The minimum atomic E-state index is -0.648. The molecule has 4 aliphatic carbocycles. The normalized spacial score (nSPS) is 41.5. The molecule has 0 unspecified atom stereocenters. The second kappa shape index (κ2) is 7.95. The summed E-state index contributed by atoms with van der Waals surface area (Å²) in [6.45, 7) is 10.8. The SMILES string of the molecule is C[C@H](C/C=C/C(C)(C)OO)[C@H]1CC[C@H]2[C@@H]3CC(=O)C4=CC(=O)CC[C@]4(C)[C@H]3CC[C@]12C. The highest BCUT2D eigenvalue weighted by Gasteiger charge is 2.60. The number of allylic oxidation sites excluding steroid dienone is 2. The zero-order valence-corrected chi connectivity index (χ0v) is 19.9. The van der Waals surface area contributed by atoms with Gasteiger partial charge < -0.3 is 0 Å². The number of carbonyl (C=O) groups excluding carboxylic acids is 2. The van der Waals surface area contributed by atoms with Gasteiger partial charge in [-0.25, -0.2) is 4.89 Å². The van der Waals surface area contributed by atoms with Gasteiger partial charge in [-0.15, -0.1) is 0 Å². The first-order valence-corrected chi connectivity index (χ1v) is 12.3. The van der Waals surface area contributed by atoms with Gasteiger partial charge in [-0.1, -0.05) is 32.9 Å². The van der Waals surface area contributed by atoms with Crippen LogP contribution in [0.2, 0.25) is 0 Å². The van der Waals surface area contributed by atoms with Gasteiger partial charge in [-0.2, -0.15) is 0 Å². The Bertz CT molecular complexity index is 808. The van der Waals surface area contributed by atoms with Gasteiger partial charge in [-0.3, -0.25) is 14.8 Å². The number of carbonyl (C=O) groups is 2. The molecule has 0 radical (unpaired) electrons. The van der Waals surface area contributed by atoms with Gasteiger partial charge in [0, 0.05) is 18.4 Å². The van der Waals surface area contributed by atoms with E-state index in [2.05, 4.69) is 31.7 Å². The fourth-order valence-electron chi connectivity index (χ4n) is 8.12. The number of ketones is 2. The summed E-state index contributed by atoms with van der Waals surface area (Å²) in [6.07, 6.45) is 13.7. The largest absolute Gasteiger partial charge is 0.295 e. The van der Waals surface area contributed by atoms with Crippen molar-refractivity contribution < 1.29 is 19.7 Å². The number of rotatable bonds is 5. The topological polar surface area (TPSA) is 63.6 Å². The third-order valence-corrected chi connectivity index (χ3v) is 9.81. The lowest BCUT2D eigenvalue weighted by molar-refractivity contribution is -0.297. The molecular formula is C27H40O4. The number of Topliss-reactive ketones (excluding diaryl/α,β-unsaturated/α-hetero) is 1. The van der Waals surface area contributed by atoms with E-state index in [4.69, 9.17) is 5.26 Å². The fourth-order valence-corrected chi connectivity index (χ4v) is 8.12. The summed E-state index contributed by atoms with van der Waals surface area (Å²) in [5.41, 5.74) is 0.386. The first-order chi connectivity index (χ1) is 14.5. The Morgan fingerprint density at radius 2 is 1.94 bits per heavy atom. The molecule has 0 spiro atoms. The third kappa shape index (κ3) is 3.78. The molecule has 0 heterocycles. The Morgan fingerprint density at radius 1 is 1.19 bits per heavy atom. The molecule has 0 aromatic rings. The molecule has 4 rings (SSSR count). The van der Waals surface area contributed by atoms with E-state index in [0.29, 0.717) is 47.8 Å². The fraction of sp³-hybridized carbons (Fsp3) is 0.778. The van der Waals surface area contributed by atoms with E-state index in [-0.39, 0.29) is 17.0 Å². The lowest BCUT2D eigenvalue weighted by Gasteiger charge is -2.57. The van der Waals surface area contributed by atoms with E-state index in [1.54, 1.807) is 6.08 Å². The summed E-state index contributed by atoms with van der Waals surface area (Å²) < 4.78 is 0. The van der Waals surface area contributed by atoms with Crippen LogP contribution in [0.5, 0.6) is 0 Å². The summed E-state index contributed by atoms with van der Waals surface area (Å²) in [6, 6.07) is 0. The predicted molar refractivity (Wildman–Crippen MR) is 121 cm³/mol. The first-order valence-electron chi connectivity index (χ1n) is 12.3. The molecule has 4 nitrogen and oxygen atoms in total. The van der Waals surface area contributed by atoms with Crippen molar-refractivity contribution in [2.75, 3.05) is 0 Å². The Morgan fingerprint density at radius 3 is 2.65 bits per heavy atom. The smallest absolute Gasteiger partial charge is 0.159 e. The molecule has 31 heavy (non-hydrogen) atoms. The molecule has 0 aromatic heterocycles. The second-order valence-electron chi connectivity index (χ2n) is 12.0. The molecule has 0 amide bonds. The highest BCUT2D eigenvalue weighted by molar-refractivity contribution is 6.05. The van der Waals surface area contributed by atoms with Crippen molar-refractivity contribution in [3.63, 3.8) is 0 Å². The molecule has 0 aliphatic heterocycles. The molecule has 0 aromatic carbocycles. The van der Waals surface area contributed by atoms with Crippen molar-refractivity contribution in [3.05, 3.63) is 23.8 Å². The van der Waals surface area contributed by atoms with Gasteiger partial charge in [-0.05, 0) is 98.9 Å². The highest BCUT2D eigenvalue weighted by atomic mass is 17.1. The average molecular weight is 429 g/mol. The Labute approximate surface area is 187 Å². The maximum Gasteiger partial charge on any atom is 0.159 e. The van der Waals surface area contributed by atoms with Crippen molar-refractivity contribution >= 4 is 11.6 Å². The summed E-state index contributed by atoms with van der Waals surface area (Å²) in [5.74, 6) is 3.23. The van der Waals surface area contributed by atoms with Gasteiger partial charge in [0.2, 0.25) is 0 Å². The van der Waals surface area contributed by atoms with E-state index >= 15 is 0 Å². The van der Waals surface area contributed by atoms with Crippen molar-refractivity contribution in [2.24, 2.45) is 40.4 Å². The van der Waals surface area contributed by atoms with Crippen LogP contribution in [0.25, 0.3) is 0 Å². The lowest BCUT2D eigenvalue weighted by atomic mass is 9.46. The second-order valence-corrected chi connectivity index (χ2v) is 12.0. The molecule has 4 aliphatic rings. The maximum atomic E-state index is 13.1. The van der Waals surface area contributed by atoms with Gasteiger partial charge in [0.1, 0.15) is 5.60 Å². The van der Waals surface area contributed by atoms with Crippen molar-refractivity contribution in [3.8, 4) is 0 Å². The van der Waals surface area contributed by atoms with Crippen LogP contribution in [0.15, 0.2) is 23.8 Å². The molecule has 1 N–H and O–H groups in total. The summed E-state index contributed by atoms with van der Waals surface area (Å²) >= 11 is 0. The molecule has 4 heteroatoms. The first kappa shape index (κ1) is 22.9. The van der Waals surface area contributed by atoms with Crippen molar-refractivity contribution in [1.29, 1.82) is 0 Å². The number of hydrogen-bond donors (Lipinski definition) is 1. The van der Waals surface area contributed by atoms with Crippen LogP contribution in [-0.4, -0.2) is 22.4 Å². The van der Waals surface area contributed by atoms with E-state index in [0.717, 1.165) is 18.4 Å². The Kier molecular flexibility index (Phi) is 5.88. The van der Waals surface area contributed by atoms with Gasteiger partial charge in [0.25, 0.3) is 0 Å². The van der Waals surface area contributed by atoms with Crippen molar-refractivity contribution in [1.82, 2.24) is 0 Å². The van der Waals surface area contributed by atoms with Crippen LogP contribution < -0.4 is 0 Å². The molecule has 7 atom stereocenters. The quantitative estimate of drug-likeness (QED) is 0.323. The van der Waals surface area contributed by atoms with E-state index in [9.17, 15) is 9.59 Å². The predicted octanol–water partition coefficient (Wildman–Crippen LogP) is 6.16. The van der Waals surface area contributed by atoms with Gasteiger partial charge in [0.05, 0.1) is 0 Å². The van der Waals surface area contributed by atoms with Crippen LogP contribution >= 0.6 is 0 Å². The molecular weight excluding hydrogens is 388 g/mol. The number of fused-ring (bicyclic) bond motifs is 5. The lowest BCUT2D eigenvalue weighted by Crippen LogP contribution is -2.53. The Balaban J connectivity index is 1.53. The molecule has 3 fully saturated rings. The highest BCUT2D eigenvalue weighted by Crippen LogP contribution is 2.67. The van der Waals surface area contributed by atoms with Crippen LogP contribution in [0.3, 0.4) is 0 Å². The summed E-state index contributed by atoms with van der Waals surface area (Å²) in [7, 11) is 0. The summed E-state index contributed by atoms with van der Waals surface area (Å²) in [4.78, 5) is 29.7. The zero-order valence-electron chi connectivity index (χ0n) is 19.9. The third-order valence-electron chi connectivity index (χ3n) is 9.81. The van der Waals surface area contributed by atoms with Gasteiger partial charge in [0.15, 0.2) is 11.6 Å². The summed E-state index contributed by atoms with van der Waals surface area (Å²) in [5, 5.41) is 9.01. The number of hydrogen-bond acceptors (Lipinski definition) is 4. The Hall–Kier alpha value is -1.26. The molecule has 172 valence electrons. The van der Waals surface area contributed by atoms with E-state index < -0.39 is 5.60 Å². The van der Waals surface area contributed by atoms with E-state index in [1.165, 1.54) is 25.7 Å². The van der Waals surface area contributed by atoms with Crippen LogP contribution in [0, 0.1) is 40.4 Å². The van der Waals surface area contributed by atoms with E-state index in [1.807, 2.05) is 19.9 Å². The van der Waals surface area contributed by atoms with Gasteiger partial charge >= 0.3 is 0 Å². The van der Waals surface area contributed by atoms with Crippen LogP contribution in [-0.2, 0) is 14.5 Å². The minimum absolute atomic E-state index is 0.0996. The molecule has 3 saturated carbocycles. The minimum Gasteiger partial charge on any atom is -0.295 e. The van der Waals surface area contributed by atoms with Crippen LogP contribution in [0.1, 0.15) is 86.0 Å². The van der Waals surface area contributed by atoms with Crippen LogP contribution in [0.4, 0.5) is 0 Å². The van der Waals surface area contributed by atoms with Crippen molar-refractivity contribution in [2.45, 2.75) is 91.6 Å². The average Bonchev–Trinajstić information content (AvgIpc) is 3.07. The zero-order chi connectivity index (χ0) is 22.6. The monoisotopic (exact) mass is 428 g/mol.